The van der Waals surface area contributed by atoms with Crippen LogP contribution in [-0.2, 0) is 16.0 Å². The molecule has 0 unspecified atom stereocenters. The molecule has 0 radical (unpaired) electrons. The average Bonchev–Trinajstić information content (AvgIpc) is 3.37. The minimum atomic E-state index is -1.09. The highest BCUT2D eigenvalue weighted by atomic mass is 32.1. The molecule has 1 heterocycles. The number of nitrogens with zero attached hydrogens (tertiary/aromatic N) is 1. The number of hydrogen-bond acceptors (Lipinski definition) is 5. The van der Waals surface area contributed by atoms with Crippen LogP contribution in [0.15, 0.2) is 29.6 Å². The van der Waals surface area contributed by atoms with Crippen LogP contribution >= 0.6 is 11.3 Å². The first-order valence-corrected chi connectivity index (χ1v) is 10.9. The predicted molar refractivity (Wildman–Crippen MR) is 108 cm³/mol. The van der Waals surface area contributed by atoms with Crippen molar-refractivity contribution in [2.75, 3.05) is 5.32 Å². The monoisotopic (exact) mass is 397 g/mol. The van der Waals surface area contributed by atoms with E-state index in [9.17, 15) is 14.7 Å². The van der Waals surface area contributed by atoms with Crippen molar-refractivity contribution in [3.63, 3.8) is 0 Å². The van der Waals surface area contributed by atoms with Crippen molar-refractivity contribution in [3.8, 4) is 11.3 Å². The first-order valence-electron chi connectivity index (χ1n) is 9.99. The van der Waals surface area contributed by atoms with E-state index in [1.54, 1.807) is 0 Å². The van der Waals surface area contributed by atoms with E-state index in [1.165, 1.54) is 16.9 Å². The van der Waals surface area contributed by atoms with Crippen LogP contribution in [0.4, 0.5) is 5.13 Å². The molecular formula is C22H25N2O3S-. The van der Waals surface area contributed by atoms with Gasteiger partial charge in [0.1, 0.15) is 0 Å². The third-order valence-corrected chi connectivity index (χ3v) is 6.88. The molecule has 0 aliphatic heterocycles. The zero-order chi connectivity index (χ0) is 19.8. The lowest BCUT2D eigenvalue weighted by Gasteiger charge is -2.30. The first kappa shape index (κ1) is 19.1. The van der Waals surface area contributed by atoms with Crippen molar-refractivity contribution in [1.29, 1.82) is 0 Å². The number of aromatic nitrogens is 1. The number of aliphatic carboxylic acids is 1. The van der Waals surface area contributed by atoms with Gasteiger partial charge in [-0.25, -0.2) is 4.98 Å². The zero-order valence-electron chi connectivity index (χ0n) is 16.2. The number of amides is 1. The van der Waals surface area contributed by atoms with Crippen LogP contribution in [-0.4, -0.2) is 16.9 Å². The van der Waals surface area contributed by atoms with E-state index in [2.05, 4.69) is 48.4 Å². The van der Waals surface area contributed by atoms with Crippen LogP contribution in [0, 0.1) is 29.6 Å². The molecule has 1 aromatic carbocycles. The Morgan fingerprint density at radius 1 is 1.18 bits per heavy atom. The number of thiazole rings is 1. The zero-order valence-corrected chi connectivity index (χ0v) is 17.0. The maximum atomic E-state index is 12.8. The molecule has 1 amide bonds. The molecule has 4 atom stereocenters. The number of benzene rings is 1. The van der Waals surface area contributed by atoms with Crippen molar-refractivity contribution < 1.29 is 14.7 Å². The van der Waals surface area contributed by atoms with Gasteiger partial charge in [0.2, 0.25) is 5.91 Å². The fourth-order valence-corrected chi connectivity index (χ4v) is 5.67. The van der Waals surface area contributed by atoms with Gasteiger partial charge in [0.05, 0.1) is 5.69 Å². The van der Waals surface area contributed by atoms with Crippen LogP contribution in [0.3, 0.4) is 0 Å². The van der Waals surface area contributed by atoms with Crippen molar-refractivity contribution in [2.24, 2.45) is 29.6 Å². The Kier molecular flexibility index (Phi) is 5.23. The molecule has 0 saturated heterocycles. The van der Waals surface area contributed by atoms with Gasteiger partial charge >= 0.3 is 0 Å². The number of anilines is 1. The minimum absolute atomic E-state index is 0.0851. The van der Waals surface area contributed by atoms with Gasteiger partial charge in [-0.15, -0.1) is 11.3 Å². The summed E-state index contributed by atoms with van der Waals surface area (Å²) < 4.78 is 0. The fourth-order valence-electron chi connectivity index (χ4n) is 4.94. The lowest BCUT2D eigenvalue weighted by molar-refractivity contribution is -0.314. The molecule has 2 saturated carbocycles. The van der Waals surface area contributed by atoms with Crippen LogP contribution < -0.4 is 10.4 Å². The first-order chi connectivity index (χ1) is 13.4. The molecule has 4 rings (SSSR count). The maximum Gasteiger partial charge on any atom is 0.230 e. The molecule has 148 valence electrons. The smallest absolute Gasteiger partial charge is 0.230 e. The molecule has 2 bridgehead atoms. The molecule has 2 aromatic rings. The second-order valence-corrected chi connectivity index (χ2v) is 9.38. The van der Waals surface area contributed by atoms with Gasteiger partial charge in [-0.3, -0.25) is 4.79 Å². The Morgan fingerprint density at radius 2 is 1.86 bits per heavy atom. The summed E-state index contributed by atoms with van der Waals surface area (Å²) >= 11 is 1.37. The SMILES string of the molecule is CC(C)Cc1ccc(-c2csc(NC(=O)[C@H]3[C@@H]4CC[C@@H](C4)[C@@H]3C(=O)[O-])n2)cc1. The van der Waals surface area contributed by atoms with Crippen LogP contribution in [0.25, 0.3) is 11.3 Å². The Hall–Kier alpha value is -2.21. The van der Waals surface area contributed by atoms with E-state index in [-0.39, 0.29) is 17.7 Å². The molecule has 1 N–H and O–H groups in total. The number of rotatable bonds is 6. The van der Waals surface area contributed by atoms with E-state index in [0.29, 0.717) is 11.0 Å². The van der Waals surface area contributed by atoms with E-state index in [1.807, 2.05) is 5.38 Å². The summed E-state index contributed by atoms with van der Waals surface area (Å²) in [6.45, 7) is 4.40. The highest BCUT2D eigenvalue weighted by Crippen LogP contribution is 2.52. The van der Waals surface area contributed by atoms with Crippen molar-refractivity contribution >= 4 is 28.3 Å². The third-order valence-electron chi connectivity index (χ3n) is 6.12. The van der Waals surface area contributed by atoms with Gasteiger partial charge in [-0.05, 0) is 49.0 Å². The summed E-state index contributed by atoms with van der Waals surface area (Å²) in [5.41, 5.74) is 3.13. The van der Waals surface area contributed by atoms with Crippen LogP contribution in [0.5, 0.6) is 0 Å². The topological polar surface area (TPSA) is 82.1 Å². The summed E-state index contributed by atoms with van der Waals surface area (Å²) in [5.74, 6) is -1.62. The number of carboxylic acids is 1. The van der Waals surface area contributed by atoms with E-state index < -0.39 is 17.8 Å². The largest absolute Gasteiger partial charge is 0.550 e. The molecule has 1 aromatic heterocycles. The molecule has 2 aliphatic rings. The summed E-state index contributed by atoms with van der Waals surface area (Å²) in [6.07, 6.45) is 3.68. The number of carbonyl (C=O) groups excluding carboxylic acids is 2. The molecular weight excluding hydrogens is 372 g/mol. The summed E-state index contributed by atoms with van der Waals surface area (Å²) in [6, 6.07) is 8.35. The molecule has 28 heavy (non-hydrogen) atoms. The van der Waals surface area contributed by atoms with Gasteiger partial charge in [0.25, 0.3) is 0 Å². The average molecular weight is 398 g/mol. The summed E-state index contributed by atoms with van der Waals surface area (Å²) in [5, 5.41) is 16.8. The summed E-state index contributed by atoms with van der Waals surface area (Å²) in [7, 11) is 0. The Balaban J connectivity index is 1.45. The van der Waals surface area contributed by atoms with Gasteiger partial charge in [0.15, 0.2) is 5.13 Å². The quantitative estimate of drug-likeness (QED) is 0.810. The molecule has 5 nitrogen and oxygen atoms in total. The third kappa shape index (κ3) is 3.70. The van der Waals surface area contributed by atoms with E-state index in [4.69, 9.17) is 0 Å². The van der Waals surface area contributed by atoms with E-state index >= 15 is 0 Å². The lowest BCUT2D eigenvalue weighted by atomic mass is 9.79. The second kappa shape index (κ2) is 7.66. The molecule has 2 fully saturated rings. The van der Waals surface area contributed by atoms with Gasteiger partial charge < -0.3 is 15.2 Å². The molecule has 2 aliphatic carbocycles. The Labute approximate surface area is 169 Å². The lowest BCUT2D eigenvalue weighted by Crippen LogP contribution is -2.43. The standard InChI is InChI=1S/C22H26N2O3S/c1-12(2)9-13-3-5-14(6-4-13)17-11-28-22(23-17)24-20(25)18-15-7-8-16(10-15)19(18)21(26)27/h3-6,11-12,15-16,18-19H,7-10H2,1-2H3,(H,26,27)(H,23,24,25)/p-1/t15-,16+,18+,19+/m1/s1. The number of carbonyl (C=O) groups is 2. The Morgan fingerprint density at radius 3 is 2.50 bits per heavy atom. The van der Waals surface area contributed by atoms with E-state index in [0.717, 1.165) is 36.9 Å². The van der Waals surface area contributed by atoms with Crippen LogP contribution in [0.1, 0.15) is 38.7 Å². The predicted octanol–water partition coefficient (Wildman–Crippen LogP) is 3.36. The molecule has 0 spiro atoms. The van der Waals surface area contributed by atoms with Gasteiger partial charge in [0, 0.05) is 28.7 Å². The van der Waals surface area contributed by atoms with Gasteiger partial charge in [-0.2, -0.15) is 0 Å². The minimum Gasteiger partial charge on any atom is -0.550 e. The second-order valence-electron chi connectivity index (χ2n) is 8.53. The summed E-state index contributed by atoms with van der Waals surface area (Å²) in [4.78, 5) is 28.9. The van der Waals surface area contributed by atoms with Gasteiger partial charge in [-0.1, -0.05) is 38.1 Å². The van der Waals surface area contributed by atoms with Crippen molar-refractivity contribution in [1.82, 2.24) is 4.98 Å². The number of fused-ring (bicyclic) bond motifs is 2. The maximum absolute atomic E-state index is 12.8. The number of carboxylic acid groups (broad SMARTS) is 1. The number of nitrogens with one attached hydrogen (secondary N) is 1. The highest BCUT2D eigenvalue weighted by molar-refractivity contribution is 7.14. The highest BCUT2D eigenvalue weighted by Gasteiger charge is 2.51. The van der Waals surface area contributed by atoms with Crippen LogP contribution in [0.2, 0.25) is 0 Å². The fraction of sp³-hybridized carbons (Fsp3) is 0.500. The molecule has 6 heteroatoms. The van der Waals surface area contributed by atoms with Crippen molar-refractivity contribution in [3.05, 3.63) is 35.2 Å². The Bertz CT molecular complexity index is 874. The number of hydrogen-bond donors (Lipinski definition) is 1. The normalized spacial score (nSPS) is 26.0. The van der Waals surface area contributed by atoms with Crippen molar-refractivity contribution in [2.45, 2.75) is 39.5 Å².